The van der Waals surface area contributed by atoms with Gasteiger partial charge in [-0.25, -0.2) is 4.79 Å². The second-order valence-corrected chi connectivity index (χ2v) is 5.26. The fourth-order valence-corrected chi connectivity index (χ4v) is 3.01. The van der Waals surface area contributed by atoms with Gasteiger partial charge in [0.2, 0.25) is 0 Å². The highest BCUT2D eigenvalue weighted by molar-refractivity contribution is 8.00. The number of aryl methyl sites for hydroxylation is 1. The minimum Gasteiger partial charge on any atom is -0.480 e. The van der Waals surface area contributed by atoms with E-state index in [-0.39, 0.29) is 11.3 Å². The van der Waals surface area contributed by atoms with Crippen molar-refractivity contribution in [2.24, 2.45) is 0 Å². The van der Waals surface area contributed by atoms with Crippen LogP contribution in [0, 0.1) is 6.92 Å². The van der Waals surface area contributed by atoms with Gasteiger partial charge in [0, 0.05) is 11.4 Å². The molecule has 17 heavy (non-hydrogen) atoms. The SMILES string of the molecule is Cc1[nH]ncc1C(=O)N1C(C)SCC1C(=O)O. The van der Waals surface area contributed by atoms with Gasteiger partial charge in [0.25, 0.3) is 5.91 Å². The monoisotopic (exact) mass is 255 g/mol. The molecule has 0 aromatic carbocycles. The first-order valence-corrected chi connectivity index (χ1v) is 6.24. The minimum atomic E-state index is -0.962. The van der Waals surface area contributed by atoms with Gasteiger partial charge in [0.05, 0.1) is 17.1 Å². The van der Waals surface area contributed by atoms with Crippen molar-refractivity contribution < 1.29 is 14.7 Å². The number of aromatic amines is 1. The first kappa shape index (κ1) is 12.0. The maximum atomic E-state index is 12.2. The smallest absolute Gasteiger partial charge is 0.327 e. The van der Waals surface area contributed by atoms with Crippen molar-refractivity contribution in [3.8, 4) is 0 Å². The van der Waals surface area contributed by atoms with Crippen LogP contribution in [0.25, 0.3) is 0 Å². The number of aromatic nitrogens is 2. The molecule has 0 saturated carbocycles. The molecule has 2 rings (SSSR count). The molecule has 0 spiro atoms. The van der Waals surface area contributed by atoms with Crippen LogP contribution in [-0.2, 0) is 4.79 Å². The topological polar surface area (TPSA) is 86.3 Å². The van der Waals surface area contributed by atoms with Crippen molar-refractivity contribution in [2.75, 3.05) is 5.75 Å². The number of carboxylic acid groups (broad SMARTS) is 1. The van der Waals surface area contributed by atoms with Gasteiger partial charge in [-0.3, -0.25) is 9.89 Å². The third-order valence-corrected chi connectivity index (χ3v) is 4.02. The molecular weight excluding hydrogens is 242 g/mol. The Morgan fingerprint density at radius 1 is 1.65 bits per heavy atom. The number of thioether (sulfide) groups is 1. The lowest BCUT2D eigenvalue weighted by Crippen LogP contribution is -2.44. The zero-order chi connectivity index (χ0) is 12.6. The molecule has 0 aliphatic carbocycles. The summed E-state index contributed by atoms with van der Waals surface area (Å²) < 4.78 is 0. The number of aliphatic carboxylic acids is 1. The van der Waals surface area contributed by atoms with Crippen LogP contribution in [0.5, 0.6) is 0 Å². The lowest BCUT2D eigenvalue weighted by atomic mass is 10.2. The van der Waals surface area contributed by atoms with Gasteiger partial charge in [-0.2, -0.15) is 5.10 Å². The summed E-state index contributed by atoms with van der Waals surface area (Å²) in [7, 11) is 0. The van der Waals surface area contributed by atoms with Crippen molar-refractivity contribution in [2.45, 2.75) is 25.3 Å². The Labute approximate surface area is 102 Å². The summed E-state index contributed by atoms with van der Waals surface area (Å²) in [5, 5.41) is 15.4. The lowest BCUT2D eigenvalue weighted by Gasteiger charge is -2.24. The highest BCUT2D eigenvalue weighted by Crippen LogP contribution is 2.30. The Balaban J connectivity index is 2.29. The molecule has 1 aromatic heterocycles. The van der Waals surface area contributed by atoms with E-state index in [9.17, 15) is 9.59 Å². The third kappa shape index (κ3) is 2.02. The number of H-pyrrole nitrogens is 1. The van der Waals surface area contributed by atoms with Crippen LogP contribution in [0.4, 0.5) is 0 Å². The molecule has 6 nitrogen and oxygen atoms in total. The van der Waals surface area contributed by atoms with E-state index in [2.05, 4.69) is 10.2 Å². The normalized spacial score (nSPS) is 24.0. The first-order chi connectivity index (χ1) is 8.02. The predicted octanol–water partition coefficient (Wildman–Crippen LogP) is 0.706. The molecule has 1 fully saturated rings. The number of hydrogen-bond donors (Lipinski definition) is 2. The molecule has 0 bridgehead atoms. The quantitative estimate of drug-likeness (QED) is 0.812. The van der Waals surface area contributed by atoms with E-state index in [0.29, 0.717) is 17.0 Å². The van der Waals surface area contributed by atoms with Crippen LogP contribution < -0.4 is 0 Å². The summed E-state index contributed by atoms with van der Waals surface area (Å²) in [5.41, 5.74) is 1.09. The molecule has 1 aliphatic rings. The number of nitrogens with zero attached hydrogens (tertiary/aromatic N) is 2. The summed E-state index contributed by atoms with van der Waals surface area (Å²) in [5.74, 6) is -0.809. The summed E-state index contributed by atoms with van der Waals surface area (Å²) in [6.07, 6.45) is 1.44. The van der Waals surface area contributed by atoms with E-state index in [1.807, 2.05) is 6.92 Å². The zero-order valence-electron chi connectivity index (χ0n) is 9.51. The third-order valence-electron chi connectivity index (χ3n) is 2.80. The van der Waals surface area contributed by atoms with Crippen LogP contribution in [0.1, 0.15) is 23.0 Å². The molecule has 2 atom stereocenters. The van der Waals surface area contributed by atoms with E-state index in [1.165, 1.54) is 22.9 Å². The Morgan fingerprint density at radius 2 is 2.35 bits per heavy atom. The number of carbonyl (C=O) groups excluding carboxylic acids is 1. The van der Waals surface area contributed by atoms with E-state index in [1.54, 1.807) is 6.92 Å². The van der Waals surface area contributed by atoms with Gasteiger partial charge in [0.15, 0.2) is 0 Å². The van der Waals surface area contributed by atoms with Crippen molar-refractivity contribution in [1.82, 2.24) is 15.1 Å². The van der Waals surface area contributed by atoms with E-state index < -0.39 is 12.0 Å². The van der Waals surface area contributed by atoms with Gasteiger partial charge in [-0.15, -0.1) is 11.8 Å². The van der Waals surface area contributed by atoms with Crippen LogP contribution >= 0.6 is 11.8 Å². The van der Waals surface area contributed by atoms with Crippen molar-refractivity contribution in [1.29, 1.82) is 0 Å². The number of hydrogen-bond acceptors (Lipinski definition) is 4. The van der Waals surface area contributed by atoms with E-state index in [4.69, 9.17) is 5.11 Å². The van der Waals surface area contributed by atoms with Crippen LogP contribution in [0.15, 0.2) is 6.20 Å². The Bertz CT molecular complexity index is 459. The van der Waals surface area contributed by atoms with Crippen molar-refractivity contribution in [3.05, 3.63) is 17.5 Å². The number of rotatable bonds is 2. The minimum absolute atomic E-state index is 0.127. The molecule has 7 heteroatoms. The summed E-state index contributed by atoms with van der Waals surface area (Å²) in [6, 6.07) is -0.753. The van der Waals surface area contributed by atoms with Crippen LogP contribution in [0.2, 0.25) is 0 Å². The largest absolute Gasteiger partial charge is 0.480 e. The molecular formula is C10H13N3O3S. The Hall–Kier alpha value is -1.50. The highest BCUT2D eigenvalue weighted by Gasteiger charge is 2.40. The fraction of sp³-hybridized carbons (Fsp3) is 0.500. The van der Waals surface area contributed by atoms with Gasteiger partial charge in [-0.05, 0) is 13.8 Å². The molecule has 2 unspecified atom stereocenters. The predicted molar refractivity (Wildman–Crippen MR) is 62.8 cm³/mol. The summed E-state index contributed by atoms with van der Waals surface area (Å²) in [4.78, 5) is 24.7. The van der Waals surface area contributed by atoms with E-state index >= 15 is 0 Å². The lowest BCUT2D eigenvalue weighted by molar-refractivity contribution is -0.141. The van der Waals surface area contributed by atoms with Gasteiger partial charge in [-0.1, -0.05) is 0 Å². The molecule has 92 valence electrons. The average molecular weight is 255 g/mol. The molecule has 1 aromatic rings. The standard InChI is InChI=1S/C10H13N3O3S/c1-5-7(3-11-12-5)9(14)13-6(2)17-4-8(13)10(15)16/h3,6,8H,4H2,1-2H3,(H,11,12)(H,15,16). The second kappa shape index (κ2) is 4.40. The van der Waals surface area contributed by atoms with E-state index in [0.717, 1.165) is 0 Å². The number of carbonyl (C=O) groups is 2. The molecule has 2 heterocycles. The number of nitrogens with one attached hydrogen (secondary N) is 1. The summed E-state index contributed by atoms with van der Waals surface area (Å²) >= 11 is 1.47. The zero-order valence-corrected chi connectivity index (χ0v) is 10.3. The summed E-state index contributed by atoms with van der Waals surface area (Å²) in [6.45, 7) is 3.57. The van der Waals surface area contributed by atoms with Crippen molar-refractivity contribution >= 4 is 23.6 Å². The van der Waals surface area contributed by atoms with Gasteiger partial charge >= 0.3 is 5.97 Å². The molecule has 1 amide bonds. The van der Waals surface area contributed by atoms with Gasteiger partial charge in [0.1, 0.15) is 6.04 Å². The second-order valence-electron chi connectivity index (χ2n) is 3.91. The van der Waals surface area contributed by atoms with Crippen LogP contribution in [-0.4, -0.2) is 49.2 Å². The number of carboxylic acids is 1. The molecule has 2 N–H and O–H groups in total. The Kier molecular flexibility index (Phi) is 3.10. The Morgan fingerprint density at radius 3 is 2.88 bits per heavy atom. The maximum Gasteiger partial charge on any atom is 0.327 e. The van der Waals surface area contributed by atoms with Crippen LogP contribution in [0.3, 0.4) is 0 Å². The maximum absolute atomic E-state index is 12.2. The molecule has 0 radical (unpaired) electrons. The van der Waals surface area contributed by atoms with Gasteiger partial charge < -0.3 is 10.0 Å². The fourth-order valence-electron chi connectivity index (χ4n) is 1.85. The molecule has 1 aliphatic heterocycles. The first-order valence-electron chi connectivity index (χ1n) is 5.19. The molecule has 1 saturated heterocycles. The number of amides is 1. The average Bonchev–Trinajstić information content (AvgIpc) is 2.83. The van der Waals surface area contributed by atoms with Crippen molar-refractivity contribution in [3.63, 3.8) is 0 Å². The highest BCUT2D eigenvalue weighted by atomic mass is 32.2.